The Morgan fingerprint density at radius 2 is 1.76 bits per heavy atom. The third-order valence-corrected chi connectivity index (χ3v) is 7.15. The summed E-state index contributed by atoms with van der Waals surface area (Å²) >= 11 is 3.19. The normalized spacial score (nSPS) is 14.7. The van der Waals surface area contributed by atoms with Crippen molar-refractivity contribution < 1.29 is 13.8 Å². The van der Waals surface area contributed by atoms with Crippen molar-refractivity contribution in [1.82, 2.24) is 30.1 Å². The Kier molecular flexibility index (Phi) is 6.89. The van der Waals surface area contributed by atoms with Gasteiger partial charge in [-0.05, 0) is 35.9 Å². The van der Waals surface area contributed by atoms with E-state index in [0.717, 1.165) is 56.0 Å². The summed E-state index contributed by atoms with van der Waals surface area (Å²) in [6.45, 7) is 4.18. The van der Waals surface area contributed by atoms with E-state index in [4.69, 9.17) is 9.05 Å². The van der Waals surface area contributed by atoms with Gasteiger partial charge in [0.1, 0.15) is 0 Å². The average Bonchev–Trinajstić information content (AvgIpc) is 3.64. The molecule has 0 N–H and O–H groups in total. The van der Waals surface area contributed by atoms with Gasteiger partial charge in [-0.25, -0.2) is 0 Å². The highest BCUT2D eigenvalue weighted by Gasteiger charge is 2.22. The summed E-state index contributed by atoms with van der Waals surface area (Å²) < 4.78 is 10.7. The van der Waals surface area contributed by atoms with Crippen molar-refractivity contribution in [2.24, 2.45) is 0 Å². The van der Waals surface area contributed by atoms with Gasteiger partial charge in [-0.1, -0.05) is 16.4 Å². The fraction of sp³-hybridized carbons (Fsp3) is 0.409. The lowest BCUT2D eigenvalue weighted by Gasteiger charge is -2.34. The molecule has 172 valence electrons. The molecule has 4 aromatic rings. The molecule has 0 bridgehead atoms. The van der Waals surface area contributed by atoms with E-state index in [2.05, 4.69) is 25.2 Å². The maximum atomic E-state index is 12.6. The van der Waals surface area contributed by atoms with Crippen LogP contribution in [-0.2, 0) is 17.6 Å². The molecule has 0 radical (unpaired) electrons. The van der Waals surface area contributed by atoms with E-state index >= 15 is 0 Å². The van der Waals surface area contributed by atoms with E-state index in [9.17, 15) is 4.79 Å². The molecule has 1 aliphatic rings. The zero-order chi connectivity index (χ0) is 22.5. The van der Waals surface area contributed by atoms with Gasteiger partial charge < -0.3 is 13.9 Å². The van der Waals surface area contributed by atoms with E-state index in [1.807, 2.05) is 39.2 Å². The minimum Gasteiger partial charge on any atom is -0.340 e. The minimum atomic E-state index is 0.136. The lowest BCUT2D eigenvalue weighted by molar-refractivity contribution is -0.133. The smallest absolute Gasteiger partial charge is 0.227 e. The van der Waals surface area contributed by atoms with Crippen LogP contribution in [0.4, 0.5) is 0 Å². The Morgan fingerprint density at radius 1 is 0.970 bits per heavy atom. The number of hydrogen-bond donors (Lipinski definition) is 0. The molecule has 0 aliphatic carbocycles. The predicted octanol–water partition coefficient (Wildman–Crippen LogP) is 3.62. The van der Waals surface area contributed by atoms with Crippen LogP contribution in [0.3, 0.4) is 0 Å². The zero-order valence-corrected chi connectivity index (χ0v) is 19.7. The van der Waals surface area contributed by atoms with Crippen LogP contribution in [0.15, 0.2) is 43.4 Å². The number of aromatic nitrogens is 4. The highest BCUT2D eigenvalue weighted by molar-refractivity contribution is 7.13. The molecule has 1 saturated heterocycles. The first-order chi connectivity index (χ1) is 16.2. The van der Waals surface area contributed by atoms with Gasteiger partial charge in [-0.2, -0.15) is 21.3 Å². The number of rotatable bonds is 9. The third-order valence-electron chi connectivity index (χ3n) is 5.60. The fourth-order valence-corrected chi connectivity index (χ4v) is 5.06. The SMILES string of the molecule is O=C(CCc1nc(-c2ccsc2)no1)N1CCN(CCCc2nc(-c3cccs3)no2)CC1. The molecule has 0 atom stereocenters. The number of carbonyl (C=O) groups is 1. The summed E-state index contributed by atoms with van der Waals surface area (Å²) in [6, 6.07) is 5.92. The largest absolute Gasteiger partial charge is 0.340 e. The molecule has 0 unspecified atom stereocenters. The fourth-order valence-electron chi connectivity index (χ4n) is 3.77. The van der Waals surface area contributed by atoms with Gasteiger partial charge in [-0.3, -0.25) is 9.69 Å². The topological polar surface area (TPSA) is 101 Å². The van der Waals surface area contributed by atoms with E-state index in [-0.39, 0.29) is 5.91 Å². The summed E-state index contributed by atoms with van der Waals surface area (Å²) in [7, 11) is 0. The van der Waals surface area contributed by atoms with E-state index in [1.165, 1.54) is 0 Å². The standard InChI is InChI=1S/C22H24N6O3S2/c29-20(6-5-19-23-21(25-31-19)16-7-14-32-15-16)28-11-9-27(10-12-28)8-1-4-18-24-22(26-30-18)17-3-2-13-33-17/h2-3,7,13-15H,1,4-6,8-12H2. The molecule has 4 aromatic heterocycles. The van der Waals surface area contributed by atoms with Crippen LogP contribution in [-0.4, -0.2) is 68.7 Å². The van der Waals surface area contributed by atoms with Gasteiger partial charge in [0.15, 0.2) is 0 Å². The quantitative estimate of drug-likeness (QED) is 0.355. The van der Waals surface area contributed by atoms with Crippen molar-refractivity contribution >= 4 is 28.6 Å². The highest BCUT2D eigenvalue weighted by atomic mass is 32.1. The molecular weight excluding hydrogens is 460 g/mol. The third kappa shape index (κ3) is 5.55. The molecule has 0 aromatic carbocycles. The molecule has 1 amide bonds. The Balaban J connectivity index is 1.00. The van der Waals surface area contributed by atoms with Crippen molar-refractivity contribution in [2.45, 2.75) is 25.7 Å². The maximum absolute atomic E-state index is 12.6. The van der Waals surface area contributed by atoms with Gasteiger partial charge in [0.05, 0.1) is 4.88 Å². The molecule has 9 nitrogen and oxygen atoms in total. The summed E-state index contributed by atoms with van der Waals surface area (Å²) in [5.74, 6) is 2.56. The summed E-state index contributed by atoms with van der Waals surface area (Å²) in [5.41, 5.74) is 0.944. The lowest BCUT2D eigenvalue weighted by atomic mass is 10.2. The number of amides is 1. The summed E-state index contributed by atoms with van der Waals surface area (Å²) in [6.07, 6.45) is 2.56. The monoisotopic (exact) mass is 484 g/mol. The van der Waals surface area contributed by atoms with Gasteiger partial charge in [0.2, 0.25) is 29.3 Å². The number of carbonyl (C=O) groups excluding carboxylic acids is 1. The second kappa shape index (κ2) is 10.4. The number of thiophene rings is 2. The van der Waals surface area contributed by atoms with Crippen LogP contribution >= 0.6 is 22.7 Å². The predicted molar refractivity (Wildman–Crippen MR) is 125 cm³/mol. The van der Waals surface area contributed by atoms with Gasteiger partial charge in [0, 0.05) is 56.4 Å². The first-order valence-corrected chi connectivity index (χ1v) is 12.8. The van der Waals surface area contributed by atoms with Gasteiger partial charge in [0.25, 0.3) is 0 Å². The molecule has 11 heteroatoms. The second-order valence-electron chi connectivity index (χ2n) is 7.84. The lowest BCUT2D eigenvalue weighted by Crippen LogP contribution is -2.48. The van der Waals surface area contributed by atoms with Crippen LogP contribution in [0.5, 0.6) is 0 Å². The van der Waals surface area contributed by atoms with Crippen LogP contribution in [0.25, 0.3) is 22.1 Å². The minimum absolute atomic E-state index is 0.136. The van der Waals surface area contributed by atoms with E-state index < -0.39 is 0 Å². The Bertz CT molecular complexity index is 1150. The molecule has 0 saturated carbocycles. The van der Waals surface area contributed by atoms with Crippen LogP contribution in [0, 0.1) is 0 Å². The molecule has 1 fully saturated rings. The number of piperazine rings is 1. The Labute approximate surface area is 199 Å². The maximum Gasteiger partial charge on any atom is 0.227 e. The molecule has 0 spiro atoms. The molecular formula is C22H24N6O3S2. The summed E-state index contributed by atoms with van der Waals surface area (Å²) in [4.78, 5) is 26.8. The second-order valence-corrected chi connectivity index (χ2v) is 9.57. The van der Waals surface area contributed by atoms with E-state index in [1.54, 1.807) is 22.7 Å². The summed E-state index contributed by atoms with van der Waals surface area (Å²) in [5, 5.41) is 14.0. The van der Waals surface area contributed by atoms with Crippen molar-refractivity contribution in [3.63, 3.8) is 0 Å². The van der Waals surface area contributed by atoms with Gasteiger partial charge >= 0.3 is 0 Å². The molecule has 5 heterocycles. The molecule has 33 heavy (non-hydrogen) atoms. The highest BCUT2D eigenvalue weighted by Crippen LogP contribution is 2.22. The first-order valence-electron chi connectivity index (χ1n) is 11.0. The van der Waals surface area contributed by atoms with Crippen LogP contribution < -0.4 is 0 Å². The van der Waals surface area contributed by atoms with Crippen molar-refractivity contribution in [2.75, 3.05) is 32.7 Å². The average molecular weight is 485 g/mol. The zero-order valence-electron chi connectivity index (χ0n) is 18.1. The van der Waals surface area contributed by atoms with Crippen molar-refractivity contribution in [3.05, 3.63) is 46.1 Å². The van der Waals surface area contributed by atoms with Crippen LogP contribution in [0.1, 0.15) is 24.6 Å². The molecule has 5 rings (SSSR count). The van der Waals surface area contributed by atoms with Crippen LogP contribution in [0.2, 0.25) is 0 Å². The molecule has 1 aliphatic heterocycles. The van der Waals surface area contributed by atoms with Crippen molar-refractivity contribution in [1.29, 1.82) is 0 Å². The Morgan fingerprint density at radius 3 is 2.52 bits per heavy atom. The van der Waals surface area contributed by atoms with Crippen molar-refractivity contribution in [3.8, 4) is 22.1 Å². The number of aryl methyl sites for hydroxylation is 2. The van der Waals surface area contributed by atoms with E-state index in [0.29, 0.717) is 36.3 Å². The van der Waals surface area contributed by atoms with Gasteiger partial charge in [-0.15, -0.1) is 11.3 Å². The first kappa shape index (κ1) is 21.9. The number of nitrogens with zero attached hydrogens (tertiary/aromatic N) is 6. The Hall–Kier alpha value is -2.89. The number of hydrogen-bond acceptors (Lipinski definition) is 10.